The van der Waals surface area contributed by atoms with Gasteiger partial charge in [0.2, 0.25) is 15.9 Å². The van der Waals surface area contributed by atoms with Crippen molar-refractivity contribution in [2.24, 2.45) is 5.92 Å². The normalized spacial score (nSPS) is 24.7. The molecule has 3 heterocycles. The summed E-state index contributed by atoms with van der Waals surface area (Å²) < 4.78 is 27.3. The predicted molar refractivity (Wildman–Crippen MR) is 100 cm³/mol. The first-order chi connectivity index (χ1) is 12.4. The molecule has 2 aliphatic heterocycles. The summed E-state index contributed by atoms with van der Waals surface area (Å²) in [5.41, 5.74) is 1.76. The van der Waals surface area contributed by atoms with Crippen LogP contribution in [0.15, 0.2) is 35.7 Å². The molecule has 0 aliphatic carbocycles. The molecule has 26 heavy (non-hydrogen) atoms. The number of hydrogen-bond acceptors (Lipinski definition) is 5. The first kappa shape index (κ1) is 17.6. The zero-order valence-corrected chi connectivity index (χ0v) is 16.2. The summed E-state index contributed by atoms with van der Waals surface area (Å²) >= 11 is 1.53. The highest BCUT2D eigenvalue weighted by atomic mass is 32.2. The molecule has 0 saturated carbocycles. The number of hydrogen-bond donors (Lipinski definition) is 0. The summed E-state index contributed by atoms with van der Waals surface area (Å²) in [6, 6.07) is 9.57. The van der Waals surface area contributed by atoms with Gasteiger partial charge in [-0.25, -0.2) is 13.4 Å². The fourth-order valence-electron chi connectivity index (χ4n) is 3.81. The van der Waals surface area contributed by atoms with Crippen LogP contribution < -0.4 is 0 Å². The number of fused-ring (bicyclic) bond motifs is 1. The van der Waals surface area contributed by atoms with E-state index in [0.717, 1.165) is 16.3 Å². The maximum absolute atomic E-state index is 12.9. The predicted octanol–water partition coefficient (Wildman–Crippen LogP) is 1.67. The van der Waals surface area contributed by atoms with E-state index in [4.69, 9.17) is 0 Å². The van der Waals surface area contributed by atoms with E-state index < -0.39 is 15.3 Å². The number of benzene rings is 1. The summed E-state index contributed by atoms with van der Waals surface area (Å²) in [6.45, 7) is 3.53. The Balaban J connectivity index is 1.42. The van der Waals surface area contributed by atoms with Crippen LogP contribution >= 0.6 is 11.3 Å². The van der Waals surface area contributed by atoms with Gasteiger partial charge in [0.25, 0.3) is 0 Å². The average molecular weight is 392 g/mol. The molecule has 138 valence electrons. The second-order valence-corrected chi connectivity index (χ2v) is 10.2. The van der Waals surface area contributed by atoms with Gasteiger partial charge >= 0.3 is 0 Å². The second-order valence-electron chi connectivity index (χ2n) is 6.95. The number of carbonyl (C=O) groups excluding carboxylic acids is 1. The smallest absolute Gasteiger partial charge is 0.227 e. The molecule has 0 spiro atoms. The van der Waals surface area contributed by atoms with E-state index in [2.05, 4.69) is 4.98 Å². The molecule has 1 amide bonds. The lowest BCUT2D eigenvalue weighted by Gasteiger charge is -2.21. The van der Waals surface area contributed by atoms with Gasteiger partial charge in [-0.05, 0) is 12.5 Å². The van der Waals surface area contributed by atoms with Gasteiger partial charge in [0.05, 0.1) is 28.9 Å². The molecule has 1 aromatic heterocycles. The molecule has 1 aromatic carbocycles. The van der Waals surface area contributed by atoms with Crippen LogP contribution in [-0.2, 0) is 27.8 Å². The Morgan fingerprint density at radius 3 is 2.65 bits per heavy atom. The molecule has 2 unspecified atom stereocenters. The molecule has 4 rings (SSSR count). The first-order valence-electron chi connectivity index (χ1n) is 8.65. The molecular weight excluding hydrogens is 370 g/mol. The fourth-order valence-corrected chi connectivity index (χ4v) is 6.54. The van der Waals surface area contributed by atoms with Gasteiger partial charge in [0, 0.05) is 30.9 Å². The standard InChI is InChI=1S/C18H21N3O3S2/c1-13-19-16(12-25-13)10-21-9-15-8-20(11-17(15)26(21,23)24)18(22)7-14-5-3-2-4-6-14/h2-6,12,15,17H,7-11H2,1H3. The monoisotopic (exact) mass is 391 g/mol. The third-order valence-electron chi connectivity index (χ3n) is 5.12. The fraction of sp³-hybridized carbons (Fsp3) is 0.444. The van der Waals surface area contributed by atoms with Crippen molar-refractivity contribution in [3.63, 3.8) is 0 Å². The topological polar surface area (TPSA) is 70.6 Å². The lowest BCUT2D eigenvalue weighted by molar-refractivity contribution is -0.129. The molecule has 2 aromatic rings. The molecule has 0 bridgehead atoms. The van der Waals surface area contributed by atoms with Crippen molar-refractivity contribution in [1.82, 2.24) is 14.2 Å². The van der Waals surface area contributed by atoms with E-state index in [9.17, 15) is 13.2 Å². The number of carbonyl (C=O) groups is 1. The first-order valence-corrected chi connectivity index (χ1v) is 11.0. The minimum absolute atomic E-state index is 0.00229. The van der Waals surface area contributed by atoms with Crippen LogP contribution in [0.3, 0.4) is 0 Å². The lowest BCUT2D eigenvalue weighted by Crippen LogP contribution is -2.37. The van der Waals surface area contributed by atoms with E-state index in [0.29, 0.717) is 32.6 Å². The van der Waals surface area contributed by atoms with Crippen molar-refractivity contribution in [3.8, 4) is 0 Å². The third kappa shape index (κ3) is 3.28. The molecule has 0 radical (unpaired) electrons. The van der Waals surface area contributed by atoms with E-state index >= 15 is 0 Å². The van der Waals surface area contributed by atoms with E-state index in [1.165, 1.54) is 15.6 Å². The third-order valence-corrected chi connectivity index (χ3v) is 8.24. The molecule has 2 fully saturated rings. The summed E-state index contributed by atoms with van der Waals surface area (Å²) in [7, 11) is -3.39. The Labute approximate surface area is 157 Å². The van der Waals surface area contributed by atoms with Gasteiger partial charge in [-0.15, -0.1) is 11.3 Å². The van der Waals surface area contributed by atoms with Gasteiger partial charge in [0.1, 0.15) is 0 Å². The number of nitrogens with zero attached hydrogens (tertiary/aromatic N) is 3. The summed E-state index contributed by atoms with van der Waals surface area (Å²) in [4.78, 5) is 18.6. The SMILES string of the molecule is Cc1nc(CN2CC3CN(C(=O)Cc4ccccc4)CC3S2(=O)=O)cs1. The van der Waals surface area contributed by atoms with Crippen LogP contribution in [0.4, 0.5) is 0 Å². The highest BCUT2D eigenvalue weighted by Crippen LogP contribution is 2.35. The highest BCUT2D eigenvalue weighted by molar-refractivity contribution is 7.90. The van der Waals surface area contributed by atoms with Crippen molar-refractivity contribution in [2.45, 2.75) is 25.1 Å². The molecule has 2 aliphatic rings. The maximum atomic E-state index is 12.9. The molecule has 8 heteroatoms. The Morgan fingerprint density at radius 1 is 1.23 bits per heavy atom. The quantitative estimate of drug-likeness (QED) is 0.795. The Morgan fingerprint density at radius 2 is 2.00 bits per heavy atom. The zero-order chi connectivity index (χ0) is 18.3. The van der Waals surface area contributed by atoms with Gasteiger partial charge in [0.15, 0.2) is 0 Å². The molecular formula is C18H21N3O3S2. The number of rotatable bonds is 4. The number of aryl methyl sites for hydroxylation is 1. The average Bonchev–Trinajstić information content (AvgIpc) is 3.26. The Kier molecular flexibility index (Phi) is 4.58. The number of aromatic nitrogens is 1. The minimum Gasteiger partial charge on any atom is -0.341 e. The lowest BCUT2D eigenvalue weighted by atomic mass is 10.1. The van der Waals surface area contributed by atoms with Crippen molar-refractivity contribution in [2.75, 3.05) is 19.6 Å². The summed E-state index contributed by atoms with van der Waals surface area (Å²) in [6.07, 6.45) is 0.322. The van der Waals surface area contributed by atoms with Crippen molar-refractivity contribution >= 4 is 27.3 Å². The summed E-state index contributed by atoms with van der Waals surface area (Å²) in [5.74, 6) is -0.0121. The highest BCUT2D eigenvalue weighted by Gasteiger charge is 2.51. The van der Waals surface area contributed by atoms with E-state index in [1.54, 1.807) is 4.90 Å². The van der Waals surface area contributed by atoms with Crippen LogP contribution in [0.25, 0.3) is 0 Å². The number of thiazole rings is 1. The maximum Gasteiger partial charge on any atom is 0.227 e. The molecule has 0 N–H and O–H groups in total. The van der Waals surface area contributed by atoms with Crippen LogP contribution in [0.2, 0.25) is 0 Å². The largest absolute Gasteiger partial charge is 0.341 e. The Bertz CT molecular complexity index is 911. The Hall–Kier alpha value is -1.77. The van der Waals surface area contributed by atoms with E-state index in [-0.39, 0.29) is 11.8 Å². The van der Waals surface area contributed by atoms with Gasteiger partial charge < -0.3 is 4.90 Å². The number of sulfonamides is 1. The number of likely N-dealkylation sites (tertiary alicyclic amines) is 1. The summed E-state index contributed by atoms with van der Waals surface area (Å²) in [5, 5.41) is 2.37. The van der Waals surface area contributed by atoms with Crippen LogP contribution in [0, 0.1) is 12.8 Å². The van der Waals surface area contributed by atoms with Gasteiger partial charge in [-0.2, -0.15) is 4.31 Å². The van der Waals surface area contributed by atoms with Gasteiger partial charge in [-0.1, -0.05) is 30.3 Å². The molecule has 6 nitrogen and oxygen atoms in total. The van der Waals surface area contributed by atoms with E-state index in [1.807, 2.05) is 42.6 Å². The van der Waals surface area contributed by atoms with Gasteiger partial charge in [-0.3, -0.25) is 4.79 Å². The van der Waals surface area contributed by atoms with Crippen LogP contribution in [0.1, 0.15) is 16.3 Å². The van der Waals surface area contributed by atoms with Crippen molar-refractivity contribution in [1.29, 1.82) is 0 Å². The number of amides is 1. The zero-order valence-electron chi connectivity index (χ0n) is 14.5. The van der Waals surface area contributed by atoms with Crippen molar-refractivity contribution < 1.29 is 13.2 Å². The van der Waals surface area contributed by atoms with Crippen LogP contribution in [0.5, 0.6) is 0 Å². The molecule has 2 saturated heterocycles. The van der Waals surface area contributed by atoms with Crippen LogP contribution in [-0.4, -0.2) is 53.4 Å². The van der Waals surface area contributed by atoms with Crippen molar-refractivity contribution in [3.05, 3.63) is 52.0 Å². The minimum atomic E-state index is -3.39. The molecule has 2 atom stereocenters. The second kappa shape index (κ2) is 6.75.